The molecule has 0 aliphatic heterocycles. The van der Waals surface area contributed by atoms with E-state index in [0.29, 0.717) is 0 Å². The summed E-state index contributed by atoms with van der Waals surface area (Å²) in [4.78, 5) is 26.7. The van der Waals surface area contributed by atoms with Crippen molar-refractivity contribution in [1.29, 1.82) is 0 Å². The largest absolute Gasteiger partial charge is 0.360 e. The van der Waals surface area contributed by atoms with Gasteiger partial charge in [0.15, 0.2) is 23.4 Å². The molecule has 0 radical (unpaired) electrons. The lowest BCUT2D eigenvalue weighted by atomic mass is 10.5. The van der Waals surface area contributed by atoms with Crippen LogP contribution in [0.5, 0.6) is 0 Å². The minimum atomic E-state index is -0.528. The molecule has 0 saturated heterocycles. The van der Waals surface area contributed by atoms with E-state index in [-0.39, 0.29) is 6.61 Å². The Balaban J connectivity index is 3.14. The van der Waals surface area contributed by atoms with E-state index in [4.69, 9.17) is 0 Å². The molecule has 0 rings (SSSR count). The third-order valence-corrected chi connectivity index (χ3v) is 0.585. The van der Waals surface area contributed by atoms with Crippen molar-refractivity contribution in [2.24, 2.45) is 10.7 Å². The molecule has 1 atom stereocenters. The van der Waals surface area contributed by atoms with E-state index in [1.807, 2.05) is 0 Å². The molecule has 52 valence electrons. The van der Waals surface area contributed by atoms with Crippen LogP contribution in [-0.4, -0.2) is 12.7 Å². The summed E-state index contributed by atoms with van der Waals surface area (Å²) < 4.78 is 0. The molecule has 6 nitrogen and oxygen atoms in total. The molecular weight excluding hydrogens is 128 g/mol. The molecular formula is C3H6N2O4. The second-order valence-electron chi connectivity index (χ2n) is 1.36. The van der Waals surface area contributed by atoms with Gasteiger partial charge in [0.2, 0.25) is 0 Å². The molecule has 0 aliphatic carbocycles. The van der Waals surface area contributed by atoms with Crippen molar-refractivity contribution >= 4 is 0 Å². The van der Waals surface area contributed by atoms with Crippen molar-refractivity contribution < 1.29 is 9.68 Å². The van der Waals surface area contributed by atoms with Crippen LogP contribution in [0.25, 0.3) is 0 Å². The maximum Gasteiger partial charge on any atom is 0.164 e. The Hall–Kier alpha value is -1.20. The first-order chi connectivity index (χ1) is 4.31. The van der Waals surface area contributed by atoms with Gasteiger partial charge < -0.3 is 9.68 Å². The van der Waals surface area contributed by atoms with Crippen molar-refractivity contribution in [2.45, 2.75) is 13.0 Å². The average Bonchev–Trinajstić information content (AvgIpc) is 1.85. The van der Waals surface area contributed by atoms with Crippen molar-refractivity contribution in [3.63, 3.8) is 0 Å². The zero-order valence-electron chi connectivity index (χ0n) is 4.81. The minimum Gasteiger partial charge on any atom is -0.360 e. The molecule has 0 aromatic carbocycles. The lowest BCUT2D eigenvalue weighted by molar-refractivity contribution is -0.00610. The van der Waals surface area contributed by atoms with Crippen molar-refractivity contribution in [3.05, 3.63) is 9.81 Å². The van der Waals surface area contributed by atoms with E-state index in [1.54, 1.807) is 0 Å². The van der Waals surface area contributed by atoms with Crippen LogP contribution in [0.15, 0.2) is 10.7 Å². The molecule has 0 aliphatic rings. The molecule has 0 unspecified atom stereocenters. The van der Waals surface area contributed by atoms with E-state index in [2.05, 4.69) is 20.4 Å². The summed E-state index contributed by atoms with van der Waals surface area (Å²) in [6.45, 7) is 1.46. The Morgan fingerprint density at radius 2 is 2.11 bits per heavy atom. The Kier molecular flexibility index (Phi) is 4.29. The van der Waals surface area contributed by atoms with Crippen LogP contribution in [0.3, 0.4) is 0 Å². The average molecular weight is 134 g/mol. The van der Waals surface area contributed by atoms with Crippen molar-refractivity contribution in [2.75, 3.05) is 6.61 Å². The second-order valence-corrected chi connectivity index (χ2v) is 1.36. The first kappa shape index (κ1) is 7.80. The zero-order chi connectivity index (χ0) is 7.11. The van der Waals surface area contributed by atoms with Gasteiger partial charge in [-0.15, -0.1) is 9.81 Å². The maximum atomic E-state index is 9.34. The van der Waals surface area contributed by atoms with Crippen LogP contribution in [0.1, 0.15) is 6.92 Å². The van der Waals surface area contributed by atoms with Crippen molar-refractivity contribution in [3.8, 4) is 0 Å². The lowest BCUT2D eigenvalue weighted by Crippen LogP contribution is -2.10. The molecule has 0 spiro atoms. The summed E-state index contributed by atoms with van der Waals surface area (Å²) in [6.07, 6.45) is -0.528. The Morgan fingerprint density at radius 3 is 2.56 bits per heavy atom. The molecule has 0 heterocycles. The molecule has 0 aromatic heterocycles. The van der Waals surface area contributed by atoms with Crippen molar-refractivity contribution in [1.82, 2.24) is 0 Å². The lowest BCUT2D eigenvalue weighted by Gasteiger charge is -2.01. The normalized spacial score (nSPS) is 11.7. The van der Waals surface area contributed by atoms with Gasteiger partial charge in [-0.1, -0.05) is 0 Å². The fraction of sp³-hybridized carbons (Fsp3) is 1.00. The fourth-order valence-electron chi connectivity index (χ4n) is 0.239. The van der Waals surface area contributed by atoms with Gasteiger partial charge in [0.05, 0.1) is 0 Å². The van der Waals surface area contributed by atoms with Crippen LogP contribution in [0.2, 0.25) is 0 Å². The fourth-order valence-corrected chi connectivity index (χ4v) is 0.239. The van der Waals surface area contributed by atoms with Gasteiger partial charge in [0.1, 0.15) is 0 Å². The molecule has 9 heavy (non-hydrogen) atoms. The Morgan fingerprint density at radius 1 is 1.44 bits per heavy atom. The van der Waals surface area contributed by atoms with Crippen LogP contribution < -0.4 is 0 Å². The molecule has 0 bridgehead atoms. The van der Waals surface area contributed by atoms with E-state index in [1.165, 1.54) is 6.92 Å². The first-order valence-corrected chi connectivity index (χ1v) is 2.24. The highest BCUT2D eigenvalue weighted by Gasteiger charge is 2.01. The molecule has 6 heteroatoms. The van der Waals surface area contributed by atoms with E-state index in [9.17, 15) is 9.81 Å². The highest BCUT2D eigenvalue weighted by Crippen LogP contribution is 1.91. The third-order valence-electron chi connectivity index (χ3n) is 0.585. The molecule has 0 aromatic rings. The Bertz CT molecular complexity index is 95.8. The summed E-state index contributed by atoms with van der Waals surface area (Å²) >= 11 is 0. The Labute approximate surface area is 51.0 Å². The summed E-state index contributed by atoms with van der Waals surface area (Å²) in [5.74, 6) is 0. The summed E-state index contributed by atoms with van der Waals surface area (Å²) in [5, 5.41) is 4.20. The van der Waals surface area contributed by atoms with Gasteiger partial charge in [-0.2, -0.15) is 0 Å². The standard InChI is InChI=1S/C3H6N2O4/c1-3(9-5-7)2-8-4-6/h3H,2H2,1H3/t3-/m1/s1. The number of nitrogens with zero attached hydrogens (tertiary/aromatic N) is 2. The highest BCUT2D eigenvalue weighted by atomic mass is 16.8. The maximum absolute atomic E-state index is 9.34. The quantitative estimate of drug-likeness (QED) is 0.411. The summed E-state index contributed by atoms with van der Waals surface area (Å²) in [7, 11) is 0. The van der Waals surface area contributed by atoms with Gasteiger partial charge in [-0.3, -0.25) is 0 Å². The topological polar surface area (TPSA) is 77.3 Å². The molecule has 0 saturated carbocycles. The summed E-state index contributed by atoms with van der Waals surface area (Å²) in [6, 6.07) is 0. The van der Waals surface area contributed by atoms with Gasteiger partial charge in [-0.25, -0.2) is 0 Å². The highest BCUT2D eigenvalue weighted by molar-refractivity contribution is 4.41. The van der Waals surface area contributed by atoms with Gasteiger partial charge >= 0.3 is 0 Å². The molecule has 0 N–H and O–H groups in total. The number of hydrogen-bond acceptors (Lipinski definition) is 6. The zero-order valence-corrected chi connectivity index (χ0v) is 4.81. The first-order valence-electron chi connectivity index (χ1n) is 2.24. The van der Waals surface area contributed by atoms with Gasteiger partial charge in [0, 0.05) is 0 Å². The second kappa shape index (κ2) is 4.95. The van der Waals surface area contributed by atoms with Gasteiger partial charge in [0.25, 0.3) is 0 Å². The van der Waals surface area contributed by atoms with Crippen LogP contribution in [-0.2, 0) is 9.68 Å². The monoisotopic (exact) mass is 134 g/mol. The number of hydrogen-bond donors (Lipinski definition) is 0. The van der Waals surface area contributed by atoms with E-state index >= 15 is 0 Å². The van der Waals surface area contributed by atoms with Crippen LogP contribution >= 0.6 is 0 Å². The summed E-state index contributed by atoms with van der Waals surface area (Å²) in [5.41, 5.74) is 0. The SMILES string of the molecule is C[C@H](CON=O)ON=O. The van der Waals surface area contributed by atoms with E-state index in [0.717, 1.165) is 0 Å². The predicted molar refractivity (Wildman–Crippen MR) is 28.1 cm³/mol. The smallest absolute Gasteiger partial charge is 0.164 e. The van der Waals surface area contributed by atoms with Crippen LogP contribution in [0.4, 0.5) is 0 Å². The molecule has 0 amide bonds. The number of rotatable bonds is 5. The third kappa shape index (κ3) is 4.66. The van der Waals surface area contributed by atoms with Gasteiger partial charge in [-0.05, 0) is 6.92 Å². The van der Waals surface area contributed by atoms with E-state index < -0.39 is 6.10 Å². The predicted octanol–water partition coefficient (Wildman–Crippen LogP) is 0.771. The molecule has 0 fully saturated rings. The van der Waals surface area contributed by atoms with Crippen LogP contribution in [0, 0.1) is 9.81 Å². The minimum absolute atomic E-state index is 0.0603.